The molecule has 0 bridgehead atoms. The van der Waals surface area contributed by atoms with Gasteiger partial charge in [0, 0.05) is 13.5 Å². The SMILES string of the molecule is CCCc1ccc2c(c1)C=Cc1ccc(CCc3ccccc3)cc1C2OCCOc1ccc(CC(OC)C(=O)O)cc1. The molecule has 0 fully saturated rings. The second-order valence-electron chi connectivity index (χ2n) is 11.0. The Morgan fingerprint density at radius 2 is 1.44 bits per heavy atom. The summed E-state index contributed by atoms with van der Waals surface area (Å²) >= 11 is 0. The van der Waals surface area contributed by atoms with Crippen molar-refractivity contribution < 1.29 is 24.1 Å². The fourth-order valence-electron chi connectivity index (χ4n) is 5.60. The molecule has 1 N–H and O–H groups in total. The number of rotatable bonds is 14. The van der Waals surface area contributed by atoms with Gasteiger partial charge in [-0.25, -0.2) is 4.79 Å². The molecule has 2 atom stereocenters. The van der Waals surface area contributed by atoms with E-state index in [-0.39, 0.29) is 6.10 Å². The molecular formula is C38H40O5. The number of hydrogen-bond donors (Lipinski definition) is 1. The van der Waals surface area contributed by atoms with E-state index >= 15 is 0 Å². The lowest BCUT2D eigenvalue weighted by atomic mass is 9.92. The zero-order chi connectivity index (χ0) is 30.0. The number of aryl methyl sites for hydroxylation is 3. The number of aliphatic carboxylic acids is 1. The number of hydrogen-bond acceptors (Lipinski definition) is 4. The van der Waals surface area contributed by atoms with Crippen molar-refractivity contribution in [1.82, 2.24) is 0 Å². The van der Waals surface area contributed by atoms with E-state index in [1.54, 1.807) is 0 Å². The van der Waals surface area contributed by atoms with Gasteiger partial charge >= 0.3 is 5.97 Å². The normalized spacial score (nSPS) is 14.4. The molecule has 0 spiro atoms. The van der Waals surface area contributed by atoms with Crippen molar-refractivity contribution in [2.45, 2.75) is 51.2 Å². The summed E-state index contributed by atoms with van der Waals surface area (Å²) in [5, 5.41) is 9.24. The quantitative estimate of drug-likeness (QED) is 0.156. The number of carboxylic acids is 1. The molecule has 4 aromatic rings. The summed E-state index contributed by atoms with van der Waals surface area (Å²) in [5.41, 5.74) is 9.58. The minimum absolute atomic E-state index is 0.208. The lowest BCUT2D eigenvalue weighted by Crippen LogP contribution is -2.24. The number of benzene rings is 4. The monoisotopic (exact) mass is 576 g/mol. The lowest BCUT2D eigenvalue weighted by molar-refractivity contribution is -0.148. The molecule has 0 radical (unpaired) electrons. The molecule has 5 rings (SSSR count). The molecule has 5 nitrogen and oxygen atoms in total. The van der Waals surface area contributed by atoms with Gasteiger partial charge in [-0.1, -0.05) is 104 Å². The summed E-state index contributed by atoms with van der Waals surface area (Å²) in [5.74, 6) is -0.255. The van der Waals surface area contributed by atoms with Crippen LogP contribution >= 0.6 is 0 Å². The largest absolute Gasteiger partial charge is 0.491 e. The van der Waals surface area contributed by atoms with Gasteiger partial charge in [0.1, 0.15) is 18.5 Å². The van der Waals surface area contributed by atoms with Gasteiger partial charge in [-0.3, -0.25) is 0 Å². The van der Waals surface area contributed by atoms with Crippen molar-refractivity contribution in [1.29, 1.82) is 0 Å². The van der Waals surface area contributed by atoms with Crippen molar-refractivity contribution in [3.05, 3.63) is 136 Å². The smallest absolute Gasteiger partial charge is 0.333 e. The molecule has 0 saturated heterocycles. The highest BCUT2D eigenvalue weighted by Gasteiger charge is 2.23. The molecule has 0 heterocycles. The third-order valence-corrected chi connectivity index (χ3v) is 7.93. The number of fused-ring (bicyclic) bond motifs is 2. The van der Waals surface area contributed by atoms with E-state index in [0.29, 0.717) is 25.4 Å². The van der Waals surface area contributed by atoms with E-state index in [4.69, 9.17) is 14.2 Å². The Morgan fingerprint density at radius 3 is 2.19 bits per heavy atom. The molecule has 4 aromatic carbocycles. The molecule has 1 aliphatic carbocycles. The van der Waals surface area contributed by atoms with Gasteiger partial charge in [0.2, 0.25) is 0 Å². The van der Waals surface area contributed by atoms with E-state index < -0.39 is 12.1 Å². The first-order valence-corrected chi connectivity index (χ1v) is 15.1. The predicted octanol–water partition coefficient (Wildman–Crippen LogP) is 7.74. The Kier molecular flexibility index (Phi) is 10.4. The Morgan fingerprint density at radius 1 is 0.744 bits per heavy atom. The van der Waals surface area contributed by atoms with Crippen LogP contribution < -0.4 is 4.74 Å². The standard InChI is InChI=1S/C38H40O5/c1-3-7-28-15-21-34-32(24-28)18-17-31-16-12-29(11-10-27-8-5-4-6-9-27)25-35(31)37(34)43-23-22-42-33-19-13-30(14-20-33)26-36(41-2)38(39)40/h4-6,8-9,12-21,24-25,36-37H,3,7,10-11,22-23,26H2,1-2H3,(H,39,40). The van der Waals surface area contributed by atoms with Gasteiger partial charge in [0.05, 0.1) is 6.61 Å². The van der Waals surface area contributed by atoms with Gasteiger partial charge in [0.25, 0.3) is 0 Å². The second-order valence-corrected chi connectivity index (χ2v) is 11.0. The Bertz CT molecular complexity index is 1520. The fraction of sp³-hybridized carbons (Fsp3) is 0.289. The summed E-state index contributed by atoms with van der Waals surface area (Å²) in [6, 6.07) is 31.6. The van der Waals surface area contributed by atoms with Crippen molar-refractivity contribution >= 4 is 18.1 Å². The predicted molar refractivity (Wildman–Crippen MR) is 172 cm³/mol. The van der Waals surface area contributed by atoms with Crippen LogP contribution in [0.25, 0.3) is 12.2 Å². The Labute approximate surface area is 254 Å². The van der Waals surface area contributed by atoms with Gasteiger partial charge in [0.15, 0.2) is 6.10 Å². The summed E-state index contributed by atoms with van der Waals surface area (Å²) in [6.07, 6.45) is 7.78. The topological polar surface area (TPSA) is 65.0 Å². The van der Waals surface area contributed by atoms with Crippen molar-refractivity contribution in [2.24, 2.45) is 0 Å². The maximum absolute atomic E-state index is 11.3. The number of methoxy groups -OCH3 is 1. The van der Waals surface area contributed by atoms with Crippen LogP contribution in [0, 0.1) is 0 Å². The Balaban J connectivity index is 1.30. The van der Waals surface area contributed by atoms with Crippen LogP contribution in [-0.4, -0.2) is 37.5 Å². The van der Waals surface area contributed by atoms with Crippen LogP contribution in [0.4, 0.5) is 0 Å². The molecule has 222 valence electrons. The number of carbonyl (C=O) groups is 1. The van der Waals surface area contributed by atoms with Crippen LogP contribution in [0.1, 0.15) is 64.0 Å². The van der Waals surface area contributed by atoms with Crippen LogP contribution in [-0.2, 0) is 40.0 Å². The Hall–Kier alpha value is -4.19. The first-order chi connectivity index (χ1) is 21.0. The van der Waals surface area contributed by atoms with E-state index in [9.17, 15) is 9.90 Å². The molecule has 1 aliphatic rings. The minimum Gasteiger partial charge on any atom is -0.491 e. The maximum atomic E-state index is 11.3. The van der Waals surface area contributed by atoms with Crippen molar-refractivity contribution in [3.63, 3.8) is 0 Å². The van der Waals surface area contributed by atoms with Gasteiger partial charge in [-0.05, 0) is 75.9 Å². The van der Waals surface area contributed by atoms with Gasteiger partial charge in [-0.15, -0.1) is 0 Å². The third kappa shape index (κ3) is 8.01. The average molecular weight is 577 g/mol. The lowest BCUT2D eigenvalue weighted by Gasteiger charge is -2.22. The highest BCUT2D eigenvalue weighted by atomic mass is 16.5. The fourth-order valence-corrected chi connectivity index (χ4v) is 5.60. The van der Waals surface area contributed by atoms with Crippen LogP contribution in [0.15, 0.2) is 91.0 Å². The molecule has 5 heteroatoms. The molecule has 43 heavy (non-hydrogen) atoms. The van der Waals surface area contributed by atoms with Crippen molar-refractivity contribution in [3.8, 4) is 5.75 Å². The van der Waals surface area contributed by atoms with E-state index in [2.05, 4.69) is 85.8 Å². The van der Waals surface area contributed by atoms with E-state index in [1.165, 1.54) is 46.1 Å². The number of ether oxygens (including phenoxy) is 3. The average Bonchev–Trinajstić information content (AvgIpc) is 3.18. The van der Waals surface area contributed by atoms with Crippen molar-refractivity contribution in [2.75, 3.05) is 20.3 Å². The summed E-state index contributed by atoms with van der Waals surface area (Å²) in [6.45, 7) is 3.02. The van der Waals surface area contributed by atoms with E-state index in [0.717, 1.165) is 31.2 Å². The second kappa shape index (κ2) is 14.8. The van der Waals surface area contributed by atoms with Gasteiger partial charge < -0.3 is 19.3 Å². The molecule has 0 aromatic heterocycles. The highest BCUT2D eigenvalue weighted by Crippen LogP contribution is 2.37. The summed E-state index contributed by atoms with van der Waals surface area (Å²) in [4.78, 5) is 11.3. The zero-order valence-corrected chi connectivity index (χ0v) is 25.0. The maximum Gasteiger partial charge on any atom is 0.333 e. The van der Waals surface area contributed by atoms with Crippen LogP contribution in [0.3, 0.4) is 0 Å². The zero-order valence-electron chi connectivity index (χ0n) is 25.0. The highest BCUT2D eigenvalue weighted by molar-refractivity contribution is 5.76. The third-order valence-electron chi connectivity index (χ3n) is 7.93. The molecule has 0 saturated carbocycles. The molecule has 0 aliphatic heterocycles. The minimum atomic E-state index is -0.971. The number of carboxylic acid groups (broad SMARTS) is 1. The van der Waals surface area contributed by atoms with Gasteiger partial charge in [-0.2, -0.15) is 0 Å². The van der Waals surface area contributed by atoms with E-state index in [1.807, 2.05) is 24.3 Å². The van der Waals surface area contributed by atoms with Crippen LogP contribution in [0.5, 0.6) is 5.75 Å². The molecular weight excluding hydrogens is 536 g/mol. The molecule has 2 unspecified atom stereocenters. The summed E-state index contributed by atoms with van der Waals surface area (Å²) in [7, 11) is 1.41. The summed E-state index contributed by atoms with van der Waals surface area (Å²) < 4.78 is 17.7. The first-order valence-electron chi connectivity index (χ1n) is 15.1. The first kappa shape index (κ1) is 30.3. The molecule has 0 amide bonds. The van der Waals surface area contributed by atoms with Crippen LogP contribution in [0.2, 0.25) is 0 Å².